The molecule has 29 heavy (non-hydrogen) atoms. The molecule has 4 aromatic rings. The molecule has 8 nitrogen and oxygen atoms in total. The van der Waals surface area contributed by atoms with Crippen LogP contribution in [-0.2, 0) is 6.54 Å². The first-order valence-electron chi connectivity index (χ1n) is 9.03. The fraction of sp³-hybridized carbons (Fsp3) is 0.143. The predicted molar refractivity (Wildman–Crippen MR) is 112 cm³/mol. The zero-order valence-corrected chi connectivity index (χ0v) is 16.0. The second-order valence-electron chi connectivity index (χ2n) is 6.89. The van der Waals surface area contributed by atoms with Gasteiger partial charge in [0.1, 0.15) is 0 Å². The van der Waals surface area contributed by atoms with E-state index in [9.17, 15) is 14.9 Å². The highest BCUT2D eigenvalue weighted by Crippen LogP contribution is 2.21. The molecule has 0 aliphatic carbocycles. The number of anilines is 1. The third-order valence-electron chi connectivity index (χ3n) is 4.78. The molecule has 8 heteroatoms. The number of benzene rings is 2. The molecule has 0 spiro atoms. The molecule has 0 radical (unpaired) electrons. The molecule has 0 unspecified atom stereocenters. The highest BCUT2D eigenvalue weighted by molar-refractivity contribution is 5.74. The number of hydrogen-bond acceptors (Lipinski definition) is 5. The molecular formula is C21H19N5O3. The number of nitro groups is 1. The number of imidazole rings is 1. The Hall–Kier alpha value is -3.94. The van der Waals surface area contributed by atoms with E-state index in [0.717, 1.165) is 11.3 Å². The summed E-state index contributed by atoms with van der Waals surface area (Å²) in [7, 11) is 3.94. The summed E-state index contributed by atoms with van der Waals surface area (Å²) in [6.45, 7) is 0.372. The second kappa shape index (κ2) is 7.23. The highest BCUT2D eigenvalue weighted by Gasteiger charge is 2.17. The molecule has 0 fully saturated rings. The molecule has 0 amide bonds. The summed E-state index contributed by atoms with van der Waals surface area (Å²) in [4.78, 5) is 30.3. The van der Waals surface area contributed by atoms with Gasteiger partial charge in [0.25, 0.3) is 5.69 Å². The number of fused-ring (bicyclic) bond motifs is 1. The minimum absolute atomic E-state index is 0.0782. The normalized spacial score (nSPS) is 11.0. The molecule has 2 heterocycles. The number of nitro benzene ring substituents is 1. The van der Waals surface area contributed by atoms with E-state index in [-0.39, 0.29) is 11.4 Å². The zero-order valence-electron chi connectivity index (χ0n) is 16.0. The monoisotopic (exact) mass is 389 g/mol. The molecule has 0 saturated carbocycles. The minimum Gasteiger partial charge on any atom is -0.378 e. The molecule has 0 atom stereocenters. The molecule has 2 aromatic carbocycles. The van der Waals surface area contributed by atoms with Crippen LogP contribution in [0.4, 0.5) is 11.4 Å². The predicted octanol–water partition coefficient (Wildman–Crippen LogP) is 3.21. The molecule has 146 valence electrons. The van der Waals surface area contributed by atoms with E-state index in [1.165, 1.54) is 16.7 Å². The van der Waals surface area contributed by atoms with Crippen LogP contribution < -0.4 is 10.6 Å². The van der Waals surface area contributed by atoms with Gasteiger partial charge in [-0.1, -0.05) is 18.2 Å². The average molecular weight is 389 g/mol. The molecule has 0 N–H and O–H groups in total. The Labute approximate surface area is 166 Å². The highest BCUT2D eigenvalue weighted by atomic mass is 16.6. The average Bonchev–Trinajstić information content (AvgIpc) is 3.00. The van der Waals surface area contributed by atoms with Crippen LogP contribution in [0.5, 0.6) is 0 Å². The lowest BCUT2D eigenvalue weighted by atomic mass is 10.2. The zero-order chi connectivity index (χ0) is 20.5. The number of rotatable bonds is 5. The molecule has 4 rings (SSSR count). The number of aromatic nitrogens is 3. The van der Waals surface area contributed by atoms with Crippen LogP contribution in [0.15, 0.2) is 71.7 Å². The van der Waals surface area contributed by atoms with Crippen LogP contribution >= 0.6 is 0 Å². The van der Waals surface area contributed by atoms with Gasteiger partial charge in [-0.25, -0.2) is 14.3 Å². The molecule has 0 bridgehead atoms. The second-order valence-corrected chi connectivity index (χ2v) is 6.89. The molecule has 0 saturated heterocycles. The first-order valence-corrected chi connectivity index (χ1v) is 9.03. The van der Waals surface area contributed by atoms with Gasteiger partial charge in [-0.3, -0.25) is 14.7 Å². The van der Waals surface area contributed by atoms with Gasteiger partial charge in [-0.05, 0) is 35.9 Å². The maximum atomic E-state index is 13.3. The van der Waals surface area contributed by atoms with E-state index in [0.29, 0.717) is 23.4 Å². The Kier molecular flexibility index (Phi) is 4.59. The smallest absolute Gasteiger partial charge is 0.335 e. The van der Waals surface area contributed by atoms with Crippen molar-refractivity contribution in [3.63, 3.8) is 0 Å². The van der Waals surface area contributed by atoms with Crippen LogP contribution in [0.3, 0.4) is 0 Å². The molecule has 0 aliphatic heterocycles. The largest absolute Gasteiger partial charge is 0.378 e. The van der Waals surface area contributed by atoms with E-state index in [1.807, 2.05) is 49.3 Å². The summed E-state index contributed by atoms with van der Waals surface area (Å²) in [5.74, 6) is 0. The number of non-ortho nitro benzene ring substituents is 1. The lowest BCUT2D eigenvalue weighted by molar-refractivity contribution is -0.384. The summed E-state index contributed by atoms with van der Waals surface area (Å²) in [5, 5.41) is 11.1. The third-order valence-corrected chi connectivity index (χ3v) is 4.78. The van der Waals surface area contributed by atoms with E-state index in [1.54, 1.807) is 29.0 Å². The van der Waals surface area contributed by atoms with Gasteiger partial charge in [-0.2, -0.15) is 0 Å². The van der Waals surface area contributed by atoms with Crippen molar-refractivity contribution in [2.24, 2.45) is 0 Å². The minimum atomic E-state index is -0.479. The van der Waals surface area contributed by atoms with E-state index in [4.69, 9.17) is 0 Å². The first-order chi connectivity index (χ1) is 14.0. The Morgan fingerprint density at radius 3 is 2.52 bits per heavy atom. The quantitative estimate of drug-likeness (QED) is 0.386. The Balaban J connectivity index is 1.84. The van der Waals surface area contributed by atoms with Gasteiger partial charge in [0, 0.05) is 38.1 Å². The Morgan fingerprint density at radius 2 is 1.83 bits per heavy atom. The van der Waals surface area contributed by atoms with Gasteiger partial charge >= 0.3 is 5.69 Å². The lowest BCUT2D eigenvalue weighted by Gasteiger charge is -2.12. The summed E-state index contributed by atoms with van der Waals surface area (Å²) >= 11 is 0. The van der Waals surface area contributed by atoms with Crippen LogP contribution in [0.25, 0.3) is 16.9 Å². The fourth-order valence-electron chi connectivity index (χ4n) is 3.30. The lowest BCUT2D eigenvalue weighted by Crippen LogP contribution is -2.24. The number of nitrogens with zero attached hydrogens (tertiary/aromatic N) is 5. The summed E-state index contributed by atoms with van der Waals surface area (Å²) < 4.78 is 3.04. The fourth-order valence-corrected chi connectivity index (χ4v) is 3.30. The standard InChI is InChI=1S/C21H19N5O3/c1-23(2)16-10-8-15(9-11-16)14-24-19-7-4-12-22-20(19)25(21(24)27)17-5-3-6-18(13-17)26(28)29/h3-13H,14H2,1-2H3. The van der Waals surface area contributed by atoms with Crippen molar-refractivity contribution in [2.45, 2.75) is 6.54 Å². The van der Waals surface area contributed by atoms with Crippen LogP contribution in [0, 0.1) is 10.1 Å². The molecule has 0 aliphatic rings. The summed E-state index contributed by atoms with van der Waals surface area (Å²) in [5.41, 5.74) is 3.21. The van der Waals surface area contributed by atoms with Crippen molar-refractivity contribution in [3.8, 4) is 5.69 Å². The SMILES string of the molecule is CN(C)c1ccc(Cn2c(=O)n(-c3cccc([N+](=O)[O-])c3)c3ncccc32)cc1. The van der Waals surface area contributed by atoms with Gasteiger partial charge in [0.2, 0.25) is 0 Å². The van der Waals surface area contributed by atoms with Crippen molar-refractivity contribution in [2.75, 3.05) is 19.0 Å². The molecule has 2 aromatic heterocycles. The van der Waals surface area contributed by atoms with Crippen molar-refractivity contribution in [3.05, 3.63) is 93.0 Å². The van der Waals surface area contributed by atoms with E-state index >= 15 is 0 Å². The van der Waals surface area contributed by atoms with Gasteiger partial charge < -0.3 is 4.90 Å². The Bertz CT molecular complexity index is 1260. The van der Waals surface area contributed by atoms with E-state index in [2.05, 4.69) is 4.98 Å². The van der Waals surface area contributed by atoms with Crippen LogP contribution in [0.1, 0.15) is 5.56 Å². The first kappa shape index (κ1) is 18.4. The summed E-state index contributed by atoms with van der Waals surface area (Å²) in [6.07, 6.45) is 1.60. The van der Waals surface area contributed by atoms with Gasteiger partial charge in [-0.15, -0.1) is 0 Å². The van der Waals surface area contributed by atoms with Crippen molar-refractivity contribution in [1.29, 1.82) is 0 Å². The van der Waals surface area contributed by atoms with Gasteiger partial charge in [0.05, 0.1) is 22.7 Å². The van der Waals surface area contributed by atoms with Crippen molar-refractivity contribution < 1.29 is 4.92 Å². The van der Waals surface area contributed by atoms with E-state index < -0.39 is 4.92 Å². The Morgan fingerprint density at radius 1 is 1.07 bits per heavy atom. The third kappa shape index (κ3) is 3.36. The maximum Gasteiger partial charge on any atom is 0.335 e. The number of pyridine rings is 1. The maximum absolute atomic E-state index is 13.3. The van der Waals surface area contributed by atoms with Crippen LogP contribution in [0.2, 0.25) is 0 Å². The van der Waals surface area contributed by atoms with Crippen LogP contribution in [-0.4, -0.2) is 33.1 Å². The number of hydrogen-bond donors (Lipinski definition) is 0. The molecular weight excluding hydrogens is 370 g/mol. The van der Waals surface area contributed by atoms with Crippen molar-refractivity contribution in [1.82, 2.24) is 14.1 Å². The van der Waals surface area contributed by atoms with Gasteiger partial charge in [0.15, 0.2) is 5.65 Å². The topological polar surface area (TPSA) is 86.2 Å². The van der Waals surface area contributed by atoms with Crippen molar-refractivity contribution >= 4 is 22.5 Å². The summed E-state index contributed by atoms with van der Waals surface area (Å²) in [6, 6.07) is 17.6.